The molecule has 0 aromatic heterocycles. The summed E-state index contributed by atoms with van der Waals surface area (Å²) in [7, 11) is -1.97. The lowest BCUT2D eigenvalue weighted by molar-refractivity contribution is 0.750. The van der Waals surface area contributed by atoms with E-state index in [0.29, 0.717) is 11.1 Å². The predicted octanol–water partition coefficient (Wildman–Crippen LogP) is 12.5. The molecule has 0 heterocycles. The predicted molar refractivity (Wildman–Crippen MR) is 191 cm³/mol. The lowest BCUT2D eigenvalue weighted by Crippen LogP contribution is -2.43. The second-order valence-corrected chi connectivity index (χ2v) is 18.5. The Kier molecular flexibility index (Phi) is 8.47. The van der Waals surface area contributed by atoms with Crippen molar-refractivity contribution in [2.45, 2.75) is 90.4 Å². The summed E-state index contributed by atoms with van der Waals surface area (Å²) >= 11 is 0. The number of fused-ring (bicyclic) bond motifs is 2. The van der Waals surface area contributed by atoms with Gasteiger partial charge in [-0.05, 0) is 84.0 Å². The van der Waals surface area contributed by atoms with Crippen molar-refractivity contribution in [3.63, 3.8) is 0 Å². The van der Waals surface area contributed by atoms with Crippen molar-refractivity contribution in [3.05, 3.63) is 129 Å². The zero-order chi connectivity index (χ0) is 30.1. The van der Waals surface area contributed by atoms with Gasteiger partial charge < -0.3 is 0 Å². The first kappa shape index (κ1) is 29.6. The average molecular weight is 581 g/mol. The molecule has 6 rings (SSSR count). The van der Waals surface area contributed by atoms with E-state index in [9.17, 15) is 0 Å². The second kappa shape index (κ2) is 12.3. The van der Waals surface area contributed by atoms with Gasteiger partial charge in [-0.15, -0.1) is 0 Å². The van der Waals surface area contributed by atoms with Gasteiger partial charge in [0, 0.05) is 11.1 Å². The van der Waals surface area contributed by atoms with Crippen molar-refractivity contribution >= 4 is 20.2 Å². The molecule has 4 aromatic rings. The smallest absolute Gasteiger partial charge is 0.0679 e. The van der Waals surface area contributed by atoms with Crippen molar-refractivity contribution in [2.75, 3.05) is 0 Å². The van der Waals surface area contributed by atoms with Crippen LogP contribution in [0.25, 0.3) is 34.4 Å². The summed E-state index contributed by atoms with van der Waals surface area (Å²) < 4.78 is 0. The quantitative estimate of drug-likeness (QED) is 0.164. The van der Waals surface area contributed by atoms with Crippen LogP contribution in [0, 0.1) is 13.8 Å². The Balaban J connectivity index is 1.49. The van der Waals surface area contributed by atoms with Crippen molar-refractivity contribution in [1.82, 2.24) is 0 Å². The first-order valence-electron chi connectivity index (χ1n) is 16.6. The molecular weight excluding hydrogens is 533 g/mol. The molecule has 0 spiro atoms. The van der Waals surface area contributed by atoms with Gasteiger partial charge in [-0.3, -0.25) is 0 Å². The zero-order valence-corrected chi connectivity index (χ0v) is 28.1. The van der Waals surface area contributed by atoms with Crippen molar-refractivity contribution < 1.29 is 0 Å². The first-order chi connectivity index (χ1) is 20.8. The maximum Gasteiger partial charge on any atom is 0.0722 e. The Morgan fingerprint density at radius 2 is 0.930 bits per heavy atom. The summed E-state index contributed by atoms with van der Waals surface area (Å²) in [4.78, 5) is 0. The number of allylic oxidation sites excluding steroid dienone is 2. The molecule has 2 unspecified atom stereocenters. The fraction of sp³-hybridized carbons (Fsp3) is 0.333. The van der Waals surface area contributed by atoms with Crippen LogP contribution in [0.4, 0.5) is 0 Å². The number of hydrogen-bond donors (Lipinski definition) is 0. The standard InChI is InChI=1S/C42H48Si/c1-7-9-13-33-27-39-35(31-23-19-29(3)20-24-31)15-11-17-37(39)41(33)43(5,6)42-34(14-10-8-2)28-40-36(16-12-18-38(40)42)32-25-21-30(4)22-26-32/h11-12,15-28,41-42H,7-10,13-14H2,1-6H3. The van der Waals surface area contributed by atoms with Crippen LogP contribution in [0.1, 0.15) is 96.8 Å². The van der Waals surface area contributed by atoms with Crippen LogP contribution in [0.15, 0.2) is 96.1 Å². The van der Waals surface area contributed by atoms with Gasteiger partial charge in [0.05, 0.1) is 8.07 Å². The highest BCUT2D eigenvalue weighted by Gasteiger charge is 2.48. The lowest BCUT2D eigenvalue weighted by atomic mass is 9.96. The van der Waals surface area contributed by atoms with Gasteiger partial charge in [-0.25, -0.2) is 0 Å². The Morgan fingerprint density at radius 3 is 1.30 bits per heavy atom. The van der Waals surface area contributed by atoms with Gasteiger partial charge in [0.2, 0.25) is 0 Å². The highest BCUT2D eigenvalue weighted by molar-refractivity contribution is 6.81. The van der Waals surface area contributed by atoms with Gasteiger partial charge >= 0.3 is 0 Å². The molecule has 0 saturated carbocycles. The Morgan fingerprint density at radius 1 is 0.535 bits per heavy atom. The molecule has 4 aromatic carbocycles. The SMILES string of the molecule is CCCCC1=Cc2c(-c3ccc(C)cc3)cccc2C1[Si](C)(C)C1C(CCCC)=Cc2c(-c3ccc(C)cc3)cccc21. The number of hydrogen-bond acceptors (Lipinski definition) is 0. The minimum Gasteiger partial charge on any atom is -0.0679 e. The van der Waals surface area contributed by atoms with Gasteiger partial charge in [-0.1, -0.05) is 159 Å². The molecule has 0 saturated heterocycles. The molecule has 2 aliphatic rings. The van der Waals surface area contributed by atoms with Crippen LogP contribution >= 0.6 is 0 Å². The molecule has 220 valence electrons. The molecule has 0 N–H and O–H groups in total. The monoisotopic (exact) mass is 580 g/mol. The lowest BCUT2D eigenvalue weighted by Gasteiger charge is -2.40. The highest BCUT2D eigenvalue weighted by Crippen LogP contribution is 2.56. The second-order valence-electron chi connectivity index (χ2n) is 13.7. The fourth-order valence-corrected chi connectivity index (χ4v) is 12.8. The van der Waals surface area contributed by atoms with Gasteiger partial charge in [-0.2, -0.15) is 0 Å². The van der Waals surface area contributed by atoms with Crippen LogP contribution in [0.2, 0.25) is 13.1 Å². The molecule has 2 atom stereocenters. The third-order valence-corrected chi connectivity index (χ3v) is 14.5. The van der Waals surface area contributed by atoms with Gasteiger partial charge in [0.25, 0.3) is 0 Å². The molecule has 0 fully saturated rings. The Bertz CT molecular complexity index is 1540. The van der Waals surface area contributed by atoms with E-state index in [1.807, 2.05) is 0 Å². The van der Waals surface area contributed by atoms with Crippen LogP contribution in [-0.2, 0) is 0 Å². The maximum absolute atomic E-state index is 2.71. The summed E-state index contributed by atoms with van der Waals surface area (Å²) in [5.74, 6) is 0. The molecular formula is C42H48Si. The molecule has 43 heavy (non-hydrogen) atoms. The Hall–Kier alpha value is -3.42. The number of aryl methyl sites for hydroxylation is 2. The summed E-state index contributed by atoms with van der Waals surface area (Å²) in [6, 6.07) is 32.6. The third kappa shape index (κ3) is 5.53. The van der Waals surface area contributed by atoms with E-state index < -0.39 is 8.07 Å². The fourth-order valence-electron chi connectivity index (χ4n) is 8.02. The molecule has 0 radical (unpaired) electrons. The van der Waals surface area contributed by atoms with Crippen LogP contribution in [0.3, 0.4) is 0 Å². The summed E-state index contributed by atoms with van der Waals surface area (Å²) in [5.41, 5.74) is 18.7. The van der Waals surface area contributed by atoms with E-state index in [1.165, 1.54) is 83.0 Å². The molecule has 1 heteroatoms. The van der Waals surface area contributed by atoms with Crippen LogP contribution < -0.4 is 0 Å². The number of benzene rings is 4. The topological polar surface area (TPSA) is 0 Å². The van der Waals surface area contributed by atoms with E-state index in [4.69, 9.17) is 0 Å². The Labute approximate surface area is 261 Å². The van der Waals surface area contributed by atoms with Crippen molar-refractivity contribution in [2.24, 2.45) is 0 Å². The van der Waals surface area contributed by atoms with E-state index >= 15 is 0 Å². The summed E-state index contributed by atoms with van der Waals surface area (Å²) in [6.45, 7) is 14.5. The molecule has 2 aliphatic carbocycles. The first-order valence-corrected chi connectivity index (χ1v) is 19.8. The van der Waals surface area contributed by atoms with E-state index in [-0.39, 0.29) is 0 Å². The zero-order valence-electron chi connectivity index (χ0n) is 27.1. The van der Waals surface area contributed by atoms with E-state index in [0.717, 1.165) is 0 Å². The largest absolute Gasteiger partial charge is 0.0722 e. The van der Waals surface area contributed by atoms with Crippen molar-refractivity contribution in [1.29, 1.82) is 0 Å². The molecule has 0 amide bonds. The molecule has 0 nitrogen and oxygen atoms in total. The summed E-state index contributed by atoms with van der Waals surface area (Å²) in [6.07, 6.45) is 12.6. The van der Waals surface area contributed by atoms with Gasteiger partial charge in [0.1, 0.15) is 0 Å². The molecule has 0 bridgehead atoms. The van der Waals surface area contributed by atoms with Crippen LogP contribution in [0.5, 0.6) is 0 Å². The third-order valence-electron chi connectivity index (χ3n) is 10.2. The average Bonchev–Trinajstić information content (AvgIpc) is 3.59. The minimum absolute atomic E-state index is 0.531. The minimum atomic E-state index is -1.97. The van der Waals surface area contributed by atoms with E-state index in [1.54, 1.807) is 22.3 Å². The van der Waals surface area contributed by atoms with E-state index in [2.05, 4.69) is 138 Å². The van der Waals surface area contributed by atoms with Crippen molar-refractivity contribution in [3.8, 4) is 22.3 Å². The number of unbranched alkanes of at least 4 members (excludes halogenated alkanes) is 2. The maximum atomic E-state index is 2.71. The summed E-state index contributed by atoms with van der Waals surface area (Å²) in [5, 5.41) is 0. The molecule has 0 aliphatic heterocycles. The highest BCUT2D eigenvalue weighted by atomic mass is 28.3. The van der Waals surface area contributed by atoms with Crippen LogP contribution in [-0.4, -0.2) is 8.07 Å². The normalized spacial score (nSPS) is 17.4. The van der Waals surface area contributed by atoms with Gasteiger partial charge in [0.15, 0.2) is 0 Å². The number of rotatable bonds is 10.